The summed E-state index contributed by atoms with van der Waals surface area (Å²) < 4.78 is 1.95. The van der Waals surface area contributed by atoms with Gasteiger partial charge in [0.25, 0.3) is 11.5 Å². The van der Waals surface area contributed by atoms with Gasteiger partial charge in [-0.15, -0.1) is 0 Å². The Morgan fingerprint density at radius 3 is 2.55 bits per heavy atom. The second-order valence-corrected chi connectivity index (χ2v) is 9.15. The highest BCUT2D eigenvalue weighted by molar-refractivity contribution is 8.26. The number of amides is 1. The lowest BCUT2D eigenvalue weighted by atomic mass is 10.0. The molecule has 3 rings (SSSR count). The second-order valence-electron chi connectivity index (χ2n) is 7.48. The number of aliphatic carboxylic acids is 1. The summed E-state index contributed by atoms with van der Waals surface area (Å²) >= 11 is 6.40. The Labute approximate surface area is 190 Å². The Kier molecular flexibility index (Phi) is 7.18. The fourth-order valence-corrected chi connectivity index (χ4v) is 5.17. The molecule has 8 nitrogen and oxygen atoms in total. The highest BCUT2D eigenvalue weighted by atomic mass is 32.2. The van der Waals surface area contributed by atoms with Crippen LogP contribution in [0.5, 0.6) is 0 Å². The maximum atomic E-state index is 13.0. The standard InChI is InChI=1S/C21H24N4O4S2/c1-3-7-24-18(23-8-4-5-9-23)14(13(2)15(12-22)19(24)28)11-16-20(29)25(21(30)31-16)10-6-17(26)27/h11H,3-10H2,1-2H3,(H,26,27). The van der Waals surface area contributed by atoms with Crippen LogP contribution in [0.2, 0.25) is 0 Å². The second kappa shape index (κ2) is 9.66. The van der Waals surface area contributed by atoms with E-state index in [2.05, 4.69) is 4.90 Å². The maximum absolute atomic E-state index is 13.0. The zero-order chi connectivity index (χ0) is 22.7. The molecule has 0 bridgehead atoms. The molecule has 0 aliphatic carbocycles. The van der Waals surface area contributed by atoms with Crippen molar-refractivity contribution in [3.63, 3.8) is 0 Å². The van der Waals surface area contributed by atoms with E-state index < -0.39 is 5.97 Å². The smallest absolute Gasteiger partial charge is 0.305 e. The van der Waals surface area contributed by atoms with Crippen LogP contribution in [-0.2, 0) is 16.1 Å². The van der Waals surface area contributed by atoms with Crippen molar-refractivity contribution in [1.82, 2.24) is 9.47 Å². The first-order chi connectivity index (χ1) is 14.8. The maximum Gasteiger partial charge on any atom is 0.305 e. The van der Waals surface area contributed by atoms with Crippen LogP contribution >= 0.6 is 24.0 Å². The highest BCUT2D eigenvalue weighted by Crippen LogP contribution is 2.36. The largest absolute Gasteiger partial charge is 0.481 e. The number of anilines is 1. The fourth-order valence-electron chi connectivity index (χ4n) is 3.88. The van der Waals surface area contributed by atoms with Crippen LogP contribution in [0.25, 0.3) is 6.08 Å². The van der Waals surface area contributed by atoms with Gasteiger partial charge in [-0.1, -0.05) is 30.9 Å². The molecule has 0 aromatic carbocycles. The molecule has 10 heteroatoms. The molecule has 0 unspecified atom stereocenters. The van der Waals surface area contributed by atoms with Crippen molar-refractivity contribution in [3.05, 3.63) is 31.9 Å². The van der Waals surface area contributed by atoms with Crippen molar-refractivity contribution < 1.29 is 14.7 Å². The molecule has 1 amide bonds. The zero-order valence-electron chi connectivity index (χ0n) is 17.5. The van der Waals surface area contributed by atoms with Gasteiger partial charge < -0.3 is 10.0 Å². The first-order valence-electron chi connectivity index (χ1n) is 10.2. The van der Waals surface area contributed by atoms with Gasteiger partial charge in [-0.3, -0.25) is 23.9 Å². The van der Waals surface area contributed by atoms with Gasteiger partial charge in [0.05, 0.1) is 11.3 Å². The molecule has 2 fully saturated rings. The van der Waals surface area contributed by atoms with E-state index in [4.69, 9.17) is 17.3 Å². The Balaban J connectivity index is 2.16. The molecule has 0 spiro atoms. The number of aromatic nitrogens is 1. The van der Waals surface area contributed by atoms with Gasteiger partial charge in [-0.2, -0.15) is 5.26 Å². The highest BCUT2D eigenvalue weighted by Gasteiger charge is 2.33. The third-order valence-electron chi connectivity index (χ3n) is 5.40. The zero-order valence-corrected chi connectivity index (χ0v) is 19.1. The molecule has 3 heterocycles. The summed E-state index contributed by atoms with van der Waals surface area (Å²) in [5, 5.41) is 18.6. The summed E-state index contributed by atoms with van der Waals surface area (Å²) in [6.07, 6.45) is 4.25. The topological polar surface area (TPSA) is 107 Å². The number of nitrogens with zero attached hydrogens (tertiary/aromatic N) is 4. The summed E-state index contributed by atoms with van der Waals surface area (Å²) in [4.78, 5) is 40.7. The molecule has 0 saturated carbocycles. The van der Waals surface area contributed by atoms with Gasteiger partial charge in [0.1, 0.15) is 21.8 Å². The van der Waals surface area contributed by atoms with Crippen LogP contribution in [0.4, 0.5) is 5.82 Å². The van der Waals surface area contributed by atoms with E-state index in [0.717, 1.165) is 49.9 Å². The van der Waals surface area contributed by atoms with E-state index in [1.165, 1.54) is 4.90 Å². The molecular weight excluding hydrogens is 436 g/mol. The summed E-state index contributed by atoms with van der Waals surface area (Å²) in [5.41, 5.74) is 0.974. The first kappa shape index (κ1) is 23.0. The Morgan fingerprint density at radius 2 is 1.97 bits per heavy atom. The molecule has 0 radical (unpaired) electrons. The molecule has 1 aromatic heterocycles. The molecule has 31 heavy (non-hydrogen) atoms. The monoisotopic (exact) mass is 460 g/mol. The number of thioether (sulfide) groups is 1. The molecule has 1 N–H and O–H groups in total. The summed E-state index contributed by atoms with van der Waals surface area (Å²) in [7, 11) is 0. The average molecular weight is 461 g/mol. The molecule has 164 valence electrons. The van der Waals surface area contributed by atoms with Crippen molar-refractivity contribution in [2.75, 3.05) is 24.5 Å². The molecule has 2 aliphatic heterocycles. The quantitative estimate of drug-likeness (QED) is 0.489. The number of carboxylic acid groups (broad SMARTS) is 1. The molecule has 2 saturated heterocycles. The number of hydrogen-bond donors (Lipinski definition) is 1. The minimum atomic E-state index is -1.00. The Hall–Kier alpha value is -2.64. The normalized spacial score (nSPS) is 17.6. The van der Waals surface area contributed by atoms with Crippen molar-refractivity contribution in [2.24, 2.45) is 0 Å². The number of hydrogen-bond acceptors (Lipinski definition) is 7. The van der Waals surface area contributed by atoms with E-state index in [1.54, 1.807) is 17.6 Å². The lowest BCUT2D eigenvalue weighted by Gasteiger charge is -2.26. The summed E-state index contributed by atoms with van der Waals surface area (Å²) in [6, 6.07) is 2.03. The van der Waals surface area contributed by atoms with E-state index in [-0.39, 0.29) is 30.0 Å². The number of pyridine rings is 1. The lowest BCUT2D eigenvalue weighted by molar-refractivity contribution is -0.137. The van der Waals surface area contributed by atoms with Crippen molar-refractivity contribution in [2.45, 2.75) is 46.1 Å². The first-order valence-corrected chi connectivity index (χ1v) is 11.4. The lowest BCUT2D eigenvalue weighted by Crippen LogP contribution is -2.33. The van der Waals surface area contributed by atoms with Crippen LogP contribution in [-0.4, -0.2) is 50.4 Å². The molecule has 1 aromatic rings. The predicted octanol–water partition coefficient (Wildman–Crippen LogP) is 2.71. The van der Waals surface area contributed by atoms with Gasteiger partial charge in [-0.05, 0) is 37.8 Å². The fraction of sp³-hybridized carbons (Fsp3) is 0.476. The average Bonchev–Trinajstić information content (AvgIpc) is 3.33. The van der Waals surface area contributed by atoms with E-state index >= 15 is 0 Å². The molecule has 0 atom stereocenters. The minimum Gasteiger partial charge on any atom is -0.481 e. The van der Waals surface area contributed by atoms with Crippen LogP contribution in [0, 0.1) is 18.3 Å². The Morgan fingerprint density at radius 1 is 1.29 bits per heavy atom. The number of carboxylic acids is 1. The van der Waals surface area contributed by atoms with Crippen LogP contribution in [0.1, 0.15) is 49.3 Å². The minimum absolute atomic E-state index is 0.00802. The van der Waals surface area contributed by atoms with Gasteiger partial charge in [0.15, 0.2) is 0 Å². The van der Waals surface area contributed by atoms with Crippen LogP contribution < -0.4 is 10.5 Å². The predicted molar refractivity (Wildman–Crippen MR) is 124 cm³/mol. The third-order valence-corrected chi connectivity index (χ3v) is 6.78. The van der Waals surface area contributed by atoms with Gasteiger partial charge in [0.2, 0.25) is 0 Å². The van der Waals surface area contributed by atoms with Crippen molar-refractivity contribution in [1.29, 1.82) is 5.26 Å². The van der Waals surface area contributed by atoms with Gasteiger partial charge in [0, 0.05) is 31.7 Å². The van der Waals surface area contributed by atoms with E-state index in [0.29, 0.717) is 26.9 Å². The molecule has 2 aliphatic rings. The molecular formula is C21H24N4O4S2. The number of carbonyl (C=O) groups excluding carboxylic acids is 1. The van der Waals surface area contributed by atoms with Crippen LogP contribution in [0.15, 0.2) is 9.70 Å². The number of carbonyl (C=O) groups is 2. The van der Waals surface area contributed by atoms with Gasteiger partial charge >= 0.3 is 5.97 Å². The SMILES string of the molecule is CCCn1c(N2CCCC2)c(C=C2SC(=S)N(CCC(=O)O)C2=O)c(C)c(C#N)c1=O. The number of rotatable bonds is 7. The van der Waals surface area contributed by atoms with Gasteiger partial charge in [-0.25, -0.2) is 0 Å². The van der Waals surface area contributed by atoms with E-state index in [9.17, 15) is 19.6 Å². The Bertz CT molecular complexity index is 1060. The van der Waals surface area contributed by atoms with Crippen LogP contribution in [0.3, 0.4) is 0 Å². The number of thiocarbonyl (C=S) groups is 1. The van der Waals surface area contributed by atoms with Crippen molar-refractivity contribution in [3.8, 4) is 6.07 Å². The summed E-state index contributed by atoms with van der Waals surface area (Å²) in [5.74, 6) is -0.623. The van der Waals surface area contributed by atoms with Crippen molar-refractivity contribution >= 4 is 52.1 Å². The number of nitriles is 1. The summed E-state index contributed by atoms with van der Waals surface area (Å²) in [6.45, 7) is 5.78. The van der Waals surface area contributed by atoms with E-state index in [1.807, 2.05) is 13.0 Å². The third kappa shape index (κ3) is 4.52.